The first kappa shape index (κ1) is 13.9. The summed E-state index contributed by atoms with van der Waals surface area (Å²) in [6.07, 6.45) is 0. The van der Waals surface area contributed by atoms with Crippen LogP contribution in [0.25, 0.3) is 0 Å². The molecule has 0 atom stereocenters. The molecular weight excluding hydrogens is 256 g/mol. The molecule has 2 rings (SSSR count). The summed E-state index contributed by atoms with van der Waals surface area (Å²) < 4.78 is 0. The number of rotatable bonds is 3. The number of amides is 2. The summed E-state index contributed by atoms with van der Waals surface area (Å²) in [5.74, 6) is 0.171. The molecule has 104 valence electrons. The Bertz CT molecular complexity index is 611. The van der Waals surface area contributed by atoms with Crippen LogP contribution in [0.2, 0.25) is 0 Å². The third kappa shape index (κ3) is 3.48. The number of carbonyl (C=O) groups excluding carboxylic acids is 1. The van der Waals surface area contributed by atoms with Crippen LogP contribution in [0.3, 0.4) is 0 Å². The summed E-state index contributed by atoms with van der Waals surface area (Å²) in [4.78, 5) is 15.9. The van der Waals surface area contributed by atoms with Gasteiger partial charge >= 0.3 is 6.03 Å². The Morgan fingerprint density at radius 2 is 1.80 bits per heavy atom. The smallest absolute Gasteiger partial charge is 0.326 e. The molecule has 7 heteroatoms. The Balaban J connectivity index is 1.99. The minimum atomic E-state index is -0.421. The Kier molecular flexibility index (Phi) is 4.21. The molecule has 1 aromatic heterocycles. The molecule has 0 fully saturated rings. The largest absolute Gasteiger partial charge is 0.326 e. The second kappa shape index (κ2) is 6.07. The van der Waals surface area contributed by atoms with Crippen molar-refractivity contribution in [2.75, 3.05) is 10.6 Å². The van der Waals surface area contributed by atoms with Crippen molar-refractivity contribution in [1.82, 2.24) is 15.2 Å². The summed E-state index contributed by atoms with van der Waals surface area (Å²) in [6, 6.07) is 6.84. The van der Waals surface area contributed by atoms with Gasteiger partial charge in [-0.3, -0.25) is 5.32 Å². The minimum Gasteiger partial charge on any atom is -0.326 e. The zero-order chi connectivity index (χ0) is 14.5. The van der Waals surface area contributed by atoms with E-state index >= 15 is 0 Å². The molecule has 0 bridgehead atoms. The molecule has 2 aromatic rings. The maximum absolute atomic E-state index is 11.8. The second-order valence-electron chi connectivity index (χ2n) is 4.29. The Morgan fingerprint density at radius 3 is 2.40 bits per heavy atom. The van der Waals surface area contributed by atoms with E-state index in [0.29, 0.717) is 12.2 Å². The van der Waals surface area contributed by atoms with Gasteiger partial charge in [-0.2, -0.15) is 5.10 Å². The van der Waals surface area contributed by atoms with Crippen LogP contribution in [-0.2, 0) is 6.54 Å². The van der Waals surface area contributed by atoms with E-state index < -0.39 is 6.03 Å². The molecule has 2 amide bonds. The predicted octanol–water partition coefficient (Wildman–Crippen LogP) is 1.59. The first-order valence-electron chi connectivity index (χ1n) is 6.13. The Labute approximate surface area is 116 Å². The first-order valence-corrected chi connectivity index (χ1v) is 6.13. The molecule has 4 N–H and O–H groups in total. The van der Waals surface area contributed by atoms with E-state index in [1.165, 1.54) is 0 Å². The Morgan fingerprint density at radius 1 is 1.10 bits per heavy atom. The number of carbonyl (C=O) groups is 1. The van der Waals surface area contributed by atoms with Crippen LogP contribution in [0.15, 0.2) is 24.3 Å². The lowest BCUT2D eigenvalue weighted by molar-refractivity contribution is 0.262. The monoisotopic (exact) mass is 272 g/mol. The number of urea groups is 1. The van der Waals surface area contributed by atoms with Crippen molar-refractivity contribution in [3.8, 4) is 0 Å². The van der Waals surface area contributed by atoms with Crippen LogP contribution in [0.1, 0.15) is 17.0 Å². The predicted molar refractivity (Wildman–Crippen MR) is 76.3 cm³/mol. The molecule has 0 spiro atoms. The van der Waals surface area contributed by atoms with E-state index in [-0.39, 0.29) is 5.95 Å². The van der Waals surface area contributed by atoms with Crippen LogP contribution in [0, 0.1) is 13.8 Å². The van der Waals surface area contributed by atoms with E-state index in [1.807, 2.05) is 12.1 Å². The molecule has 20 heavy (non-hydrogen) atoms. The number of hydrogen-bond donors (Lipinski definition) is 3. The zero-order valence-electron chi connectivity index (χ0n) is 11.3. The molecule has 0 aliphatic rings. The molecular formula is C13H16N6O. The molecule has 0 saturated heterocycles. The van der Waals surface area contributed by atoms with Crippen LogP contribution >= 0.6 is 0 Å². The maximum Gasteiger partial charge on any atom is 0.326 e. The van der Waals surface area contributed by atoms with E-state index in [0.717, 1.165) is 17.0 Å². The average molecular weight is 272 g/mol. The van der Waals surface area contributed by atoms with Crippen molar-refractivity contribution in [2.24, 2.45) is 5.73 Å². The normalized spacial score (nSPS) is 10.2. The van der Waals surface area contributed by atoms with Crippen LogP contribution in [0.4, 0.5) is 16.4 Å². The number of benzene rings is 1. The quantitative estimate of drug-likeness (QED) is 0.786. The maximum atomic E-state index is 11.8. The van der Waals surface area contributed by atoms with Gasteiger partial charge in [-0.1, -0.05) is 12.1 Å². The molecule has 7 nitrogen and oxygen atoms in total. The molecule has 1 aromatic carbocycles. The molecule has 0 aliphatic heterocycles. The van der Waals surface area contributed by atoms with Gasteiger partial charge in [0.2, 0.25) is 0 Å². The summed E-state index contributed by atoms with van der Waals surface area (Å²) >= 11 is 0. The number of nitrogens with one attached hydrogen (secondary N) is 2. The van der Waals surface area contributed by atoms with Gasteiger partial charge in [0.1, 0.15) is 0 Å². The van der Waals surface area contributed by atoms with Gasteiger partial charge in [0.25, 0.3) is 5.95 Å². The highest BCUT2D eigenvalue weighted by Gasteiger charge is 2.06. The lowest BCUT2D eigenvalue weighted by Gasteiger charge is -2.07. The zero-order valence-corrected chi connectivity index (χ0v) is 11.3. The third-order valence-corrected chi connectivity index (χ3v) is 2.76. The van der Waals surface area contributed by atoms with Gasteiger partial charge in [-0.15, -0.1) is 5.10 Å². The lowest BCUT2D eigenvalue weighted by Crippen LogP contribution is -2.21. The van der Waals surface area contributed by atoms with Gasteiger partial charge in [-0.05, 0) is 31.5 Å². The molecule has 1 heterocycles. The van der Waals surface area contributed by atoms with Crippen molar-refractivity contribution >= 4 is 17.7 Å². The van der Waals surface area contributed by atoms with Crippen LogP contribution in [-0.4, -0.2) is 21.2 Å². The highest BCUT2D eigenvalue weighted by Crippen LogP contribution is 2.09. The van der Waals surface area contributed by atoms with Gasteiger partial charge in [0.05, 0.1) is 11.4 Å². The first-order chi connectivity index (χ1) is 9.58. The van der Waals surface area contributed by atoms with Crippen LogP contribution in [0.5, 0.6) is 0 Å². The highest BCUT2D eigenvalue weighted by atomic mass is 16.2. The van der Waals surface area contributed by atoms with Crippen molar-refractivity contribution < 1.29 is 4.79 Å². The second-order valence-corrected chi connectivity index (χ2v) is 4.29. The van der Waals surface area contributed by atoms with Crippen molar-refractivity contribution in [3.05, 3.63) is 41.2 Å². The summed E-state index contributed by atoms with van der Waals surface area (Å²) in [5.41, 5.74) is 8.62. The SMILES string of the molecule is Cc1nnc(NC(=O)Nc2ccc(CN)cc2)nc1C. The van der Waals surface area contributed by atoms with Crippen molar-refractivity contribution in [2.45, 2.75) is 20.4 Å². The number of nitrogens with zero attached hydrogens (tertiary/aromatic N) is 3. The molecule has 0 aliphatic carbocycles. The number of aromatic nitrogens is 3. The van der Waals surface area contributed by atoms with Crippen LogP contribution < -0.4 is 16.4 Å². The fraction of sp³-hybridized carbons (Fsp3) is 0.231. The highest BCUT2D eigenvalue weighted by molar-refractivity contribution is 5.98. The van der Waals surface area contributed by atoms with Crippen molar-refractivity contribution in [3.63, 3.8) is 0 Å². The van der Waals surface area contributed by atoms with E-state index in [1.54, 1.807) is 26.0 Å². The summed E-state index contributed by atoms with van der Waals surface area (Å²) in [5, 5.41) is 12.9. The lowest BCUT2D eigenvalue weighted by atomic mass is 10.2. The number of aryl methyl sites for hydroxylation is 2. The minimum absolute atomic E-state index is 0.171. The molecule has 0 saturated carbocycles. The molecule has 0 unspecified atom stereocenters. The van der Waals surface area contributed by atoms with Crippen molar-refractivity contribution in [1.29, 1.82) is 0 Å². The topological polar surface area (TPSA) is 106 Å². The number of anilines is 2. The van der Waals surface area contributed by atoms with E-state index in [4.69, 9.17) is 5.73 Å². The summed E-state index contributed by atoms with van der Waals surface area (Å²) in [7, 11) is 0. The van der Waals surface area contributed by atoms with Gasteiger partial charge < -0.3 is 11.1 Å². The van der Waals surface area contributed by atoms with E-state index in [9.17, 15) is 4.79 Å². The van der Waals surface area contributed by atoms with E-state index in [2.05, 4.69) is 25.8 Å². The van der Waals surface area contributed by atoms with Gasteiger partial charge in [0.15, 0.2) is 0 Å². The Hall–Kier alpha value is -2.54. The number of hydrogen-bond acceptors (Lipinski definition) is 5. The fourth-order valence-electron chi connectivity index (χ4n) is 1.50. The average Bonchev–Trinajstić information content (AvgIpc) is 2.44. The number of nitrogens with two attached hydrogens (primary N) is 1. The van der Waals surface area contributed by atoms with Gasteiger partial charge in [0, 0.05) is 12.2 Å². The third-order valence-electron chi connectivity index (χ3n) is 2.76. The standard InChI is InChI=1S/C13H16N6O/c1-8-9(2)18-19-12(15-8)17-13(20)16-11-5-3-10(7-14)4-6-11/h3-6H,7,14H2,1-2H3,(H2,15,16,17,19,20). The molecule has 0 radical (unpaired) electrons. The van der Waals surface area contributed by atoms with Gasteiger partial charge in [-0.25, -0.2) is 9.78 Å². The summed E-state index contributed by atoms with van der Waals surface area (Å²) in [6.45, 7) is 4.07. The fourth-order valence-corrected chi connectivity index (χ4v) is 1.50.